The van der Waals surface area contributed by atoms with Crippen LogP contribution in [0.5, 0.6) is 0 Å². The zero-order valence-electron chi connectivity index (χ0n) is 9.18. The number of hydrogen-bond acceptors (Lipinski definition) is 1. The van der Waals surface area contributed by atoms with Crippen molar-refractivity contribution in [3.05, 3.63) is 0 Å². The van der Waals surface area contributed by atoms with Gasteiger partial charge in [-0.05, 0) is 37.5 Å². The molecule has 0 spiro atoms. The second-order valence-corrected chi connectivity index (χ2v) is 4.68. The van der Waals surface area contributed by atoms with Crippen molar-refractivity contribution in [1.82, 2.24) is 0 Å². The maximum absolute atomic E-state index is 11.7. The first-order chi connectivity index (χ1) is 6.15. The van der Waals surface area contributed by atoms with Crippen LogP contribution in [0.15, 0.2) is 0 Å². The number of rotatable bonds is 3. The van der Waals surface area contributed by atoms with Gasteiger partial charge in [-0.25, -0.2) is 0 Å². The van der Waals surface area contributed by atoms with E-state index in [0.29, 0.717) is 11.7 Å². The van der Waals surface area contributed by atoms with E-state index in [9.17, 15) is 4.79 Å². The van der Waals surface area contributed by atoms with Crippen LogP contribution in [0, 0.1) is 17.8 Å². The Labute approximate surface area is 81.9 Å². The van der Waals surface area contributed by atoms with Crippen molar-refractivity contribution in [2.75, 3.05) is 0 Å². The molecule has 0 N–H and O–H groups in total. The maximum Gasteiger partial charge on any atom is 0.135 e. The molecule has 1 aliphatic carbocycles. The van der Waals surface area contributed by atoms with E-state index in [1.165, 1.54) is 6.42 Å². The van der Waals surface area contributed by atoms with Crippen molar-refractivity contribution in [2.45, 2.75) is 52.9 Å². The third kappa shape index (κ3) is 2.82. The number of hydrogen-bond donors (Lipinski definition) is 0. The standard InChI is InChI=1S/C12H22O/c1-4-5-12(13)11-7-6-9(2)10(3)8-11/h9-11H,4-8H2,1-3H3. The van der Waals surface area contributed by atoms with Crippen LogP contribution in [0.3, 0.4) is 0 Å². The Hall–Kier alpha value is -0.330. The minimum absolute atomic E-state index is 0.395. The zero-order valence-corrected chi connectivity index (χ0v) is 9.18. The summed E-state index contributed by atoms with van der Waals surface area (Å²) in [5.74, 6) is 2.48. The Morgan fingerprint density at radius 1 is 1.23 bits per heavy atom. The van der Waals surface area contributed by atoms with Crippen LogP contribution < -0.4 is 0 Å². The molecule has 0 heterocycles. The number of carbonyl (C=O) groups is 1. The van der Waals surface area contributed by atoms with Gasteiger partial charge in [0.2, 0.25) is 0 Å². The fourth-order valence-electron chi connectivity index (χ4n) is 2.29. The normalized spacial score (nSPS) is 34.5. The van der Waals surface area contributed by atoms with Crippen LogP contribution in [-0.4, -0.2) is 5.78 Å². The van der Waals surface area contributed by atoms with Crippen molar-refractivity contribution in [3.8, 4) is 0 Å². The second kappa shape index (κ2) is 4.78. The molecule has 1 aliphatic rings. The van der Waals surface area contributed by atoms with Crippen LogP contribution in [0.1, 0.15) is 52.9 Å². The van der Waals surface area contributed by atoms with Gasteiger partial charge in [0.25, 0.3) is 0 Å². The van der Waals surface area contributed by atoms with Gasteiger partial charge in [0.15, 0.2) is 0 Å². The highest BCUT2D eigenvalue weighted by molar-refractivity contribution is 5.81. The summed E-state index contributed by atoms with van der Waals surface area (Å²) in [6, 6.07) is 0. The van der Waals surface area contributed by atoms with Crippen molar-refractivity contribution in [2.24, 2.45) is 17.8 Å². The van der Waals surface area contributed by atoms with E-state index >= 15 is 0 Å². The van der Waals surface area contributed by atoms with Gasteiger partial charge in [-0.2, -0.15) is 0 Å². The van der Waals surface area contributed by atoms with Crippen LogP contribution >= 0.6 is 0 Å². The van der Waals surface area contributed by atoms with Gasteiger partial charge in [0.1, 0.15) is 5.78 Å². The molecule has 0 aliphatic heterocycles. The largest absolute Gasteiger partial charge is 0.299 e. The van der Waals surface area contributed by atoms with E-state index in [1.807, 2.05) is 0 Å². The average Bonchev–Trinajstić information content (AvgIpc) is 2.10. The van der Waals surface area contributed by atoms with E-state index in [0.717, 1.165) is 37.5 Å². The van der Waals surface area contributed by atoms with E-state index < -0.39 is 0 Å². The van der Waals surface area contributed by atoms with Crippen molar-refractivity contribution in [3.63, 3.8) is 0 Å². The van der Waals surface area contributed by atoms with Crippen LogP contribution in [0.4, 0.5) is 0 Å². The Bertz CT molecular complexity index is 174. The molecule has 0 aromatic carbocycles. The summed E-state index contributed by atoms with van der Waals surface area (Å²) < 4.78 is 0. The molecule has 0 amide bonds. The minimum atomic E-state index is 0.395. The highest BCUT2D eigenvalue weighted by Crippen LogP contribution is 2.34. The predicted molar refractivity (Wildman–Crippen MR) is 55.6 cm³/mol. The van der Waals surface area contributed by atoms with Gasteiger partial charge in [-0.3, -0.25) is 4.79 Å². The highest BCUT2D eigenvalue weighted by Gasteiger charge is 2.28. The lowest BCUT2D eigenvalue weighted by atomic mass is 9.74. The summed E-state index contributed by atoms with van der Waals surface area (Å²) in [5.41, 5.74) is 0. The fraction of sp³-hybridized carbons (Fsp3) is 0.917. The number of carbonyl (C=O) groups excluding carboxylic acids is 1. The Kier molecular flexibility index (Phi) is 3.95. The Morgan fingerprint density at radius 3 is 2.46 bits per heavy atom. The smallest absolute Gasteiger partial charge is 0.135 e. The van der Waals surface area contributed by atoms with Crippen LogP contribution in [0.2, 0.25) is 0 Å². The Morgan fingerprint density at radius 2 is 1.92 bits per heavy atom. The third-order valence-electron chi connectivity index (χ3n) is 3.55. The van der Waals surface area contributed by atoms with Gasteiger partial charge < -0.3 is 0 Å². The molecular weight excluding hydrogens is 160 g/mol. The fourth-order valence-corrected chi connectivity index (χ4v) is 2.29. The molecule has 1 rings (SSSR count). The molecule has 3 unspecified atom stereocenters. The van der Waals surface area contributed by atoms with Crippen molar-refractivity contribution in [1.29, 1.82) is 0 Å². The third-order valence-corrected chi connectivity index (χ3v) is 3.55. The molecule has 0 bridgehead atoms. The molecular formula is C12H22O. The summed E-state index contributed by atoms with van der Waals surface area (Å²) >= 11 is 0. The predicted octanol–water partition coefficient (Wildman–Crippen LogP) is 3.43. The molecule has 0 aromatic rings. The van der Waals surface area contributed by atoms with Gasteiger partial charge in [-0.1, -0.05) is 20.8 Å². The molecule has 0 saturated heterocycles. The van der Waals surface area contributed by atoms with E-state index in [-0.39, 0.29) is 0 Å². The Balaban J connectivity index is 2.40. The topological polar surface area (TPSA) is 17.1 Å². The first-order valence-electron chi connectivity index (χ1n) is 5.67. The molecule has 1 fully saturated rings. The lowest BCUT2D eigenvalue weighted by molar-refractivity contribution is -0.124. The molecule has 1 nitrogen and oxygen atoms in total. The first-order valence-corrected chi connectivity index (χ1v) is 5.67. The molecule has 3 atom stereocenters. The van der Waals surface area contributed by atoms with Crippen LogP contribution in [-0.2, 0) is 4.79 Å². The summed E-state index contributed by atoms with van der Waals surface area (Å²) in [5, 5.41) is 0. The monoisotopic (exact) mass is 182 g/mol. The van der Waals surface area contributed by atoms with E-state index in [2.05, 4.69) is 20.8 Å². The average molecular weight is 182 g/mol. The van der Waals surface area contributed by atoms with Gasteiger partial charge >= 0.3 is 0 Å². The summed E-state index contributed by atoms with van der Waals surface area (Å²) in [4.78, 5) is 11.7. The van der Waals surface area contributed by atoms with Gasteiger partial charge in [0, 0.05) is 12.3 Å². The van der Waals surface area contributed by atoms with Crippen LogP contribution in [0.25, 0.3) is 0 Å². The molecule has 1 heteroatoms. The maximum atomic E-state index is 11.7. The molecule has 13 heavy (non-hydrogen) atoms. The number of Topliss-reactive ketones (excluding diaryl/α,β-unsaturated/α-hetero) is 1. The quantitative estimate of drug-likeness (QED) is 0.653. The second-order valence-electron chi connectivity index (χ2n) is 4.68. The van der Waals surface area contributed by atoms with E-state index in [1.54, 1.807) is 0 Å². The molecule has 76 valence electrons. The zero-order chi connectivity index (χ0) is 9.84. The lowest BCUT2D eigenvalue weighted by Gasteiger charge is -2.31. The van der Waals surface area contributed by atoms with Gasteiger partial charge in [0.05, 0.1) is 0 Å². The first kappa shape index (κ1) is 10.7. The van der Waals surface area contributed by atoms with Crippen molar-refractivity contribution < 1.29 is 4.79 Å². The molecule has 0 aromatic heterocycles. The lowest BCUT2D eigenvalue weighted by Crippen LogP contribution is -2.26. The summed E-state index contributed by atoms with van der Waals surface area (Å²) in [7, 11) is 0. The number of ketones is 1. The SMILES string of the molecule is CCCC(=O)C1CCC(C)C(C)C1. The molecule has 0 radical (unpaired) electrons. The van der Waals surface area contributed by atoms with Crippen molar-refractivity contribution >= 4 is 5.78 Å². The summed E-state index contributed by atoms with van der Waals surface area (Å²) in [6.45, 7) is 6.69. The van der Waals surface area contributed by atoms with E-state index in [4.69, 9.17) is 0 Å². The summed E-state index contributed by atoms with van der Waals surface area (Å²) in [6.07, 6.45) is 5.34. The minimum Gasteiger partial charge on any atom is -0.299 e. The highest BCUT2D eigenvalue weighted by atomic mass is 16.1. The van der Waals surface area contributed by atoms with Gasteiger partial charge in [-0.15, -0.1) is 0 Å². The molecule has 1 saturated carbocycles.